The highest BCUT2D eigenvalue weighted by Crippen LogP contribution is 2.34. The van der Waals surface area contributed by atoms with E-state index in [-0.39, 0.29) is 5.82 Å². The zero-order valence-electron chi connectivity index (χ0n) is 12.7. The van der Waals surface area contributed by atoms with Crippen LogP contribution in [0, 0.1) is 5.82 Å². The van der Waals surface area contributed by atoms with Gasteiger partial charge in [-0.25, -0.2) is 9.07 Å². The molecule has 3 heterocycles. The molecule has 2 aromatic heterocycles. The van der Waals surface area contributed by atoms with E-state index in [4.69, 9.17) is 5.10 Å². The fourth-order valence-electron chi connectivity index (χ4n) is 3.04. The van der Waals surface area contributed by atoms with Crippen LogP contribution in [0.2, 0.25) is 0 Å². The monoisotopic (exact) mass is 308 g/mol. The van der Waals surface area contributed by atoms with Crippen molar-refractivity contribution < 1.29 is 4.39 Å². The van der Waals surface area contributed by atoms with Gasteiger partial charge in [-0.1, -0.05) is 12.1 Å². The number of hydrogen-bond acceptors (Lipinski definition) is 3. The van der Waals surface area contributed by atoms with Crippen molar-refractivity contribution in [1.82, 2.24) is 14.8 Å². The molecule has 1 aliphatic rings. The molecular weight excluding hydrogens is 291 g/mol. The van der Waals surface area contributed by atoms with E-state index in [0.717, 1.165) is 48.4 Å². The van der Waals surface area contributed by atoms with Gasteiger partial charge in [-0.3, -0.25) is 4.98 Å². The summed E-state index contributed by atoms with van der Waals surface area (Å²) in [5.41, 5.74) is 3.53. The van der Waals surface area contributed by atoms with Crippen molar-refractivity contribution in [2.75, 3.05) is 11.9 Å². The Morgan fingerprint density at radius 1 is 1.04 bits per heavy atom. The van der Waals surface area contributed by atoms with Crippen molar-refractivity contribution in [3.05, 3.63) is 60.2 Å². The predicted molar refractivity (Wildman–Crippen MR) is 88.2 cm³/mol. The molecule has 1 aromatic carbocycles. The van der Waals surface area contributed by atoms with Crippen molar-refractivity contribution in [2.45, 2.75) is 19.3 Å². The summed E-state index contributed by atoms with van der Waals surface area (Å²) >= 11 is 0. The normalized spacial score (nSPS) is 14.0. The first-order valence-electron chi connectivity index (χ1n) is 7.85. The van der Waals surface area contributed by atoms with Gasteiger partial charge in [0.15, 0.2) is 0 Å². The molecule has 0 saturated heterocycles. The first kappa shape index (κ1) is 13.9. The van der Waals surface area contributed by atoms with Crippen molar-refractivity contribution in [3.63, 3.8) is 0 Å². The van der Waals surface area contributed by atoms with Gasteiger partial charge >= 0.3 is 0 Å². The van der Waals surface area contributed by atoms with Gasteiger partial charge in [0.25, 0.3) is 0 Å². The zero-order valence-corrected chi connectivity index (χ0v) is 12.7. The molecule has 0 bridgehead atoms. The molecular formula is C18H17FN4. The summed E-state index contributed by atoms with van der Waals surface area (Å²) in [6, 6.07) is 10.6. The number of para-hydroxylation sites is 1. The topological polar surface area (TPSA) is 42.7 Å². The highest BCUT2D eigenvalue weighted by atomic mass is 19.1. The van der Waals surface area contributed by atoms with Gasteiger partial charge in [0, 0.05) is 30.1 Å². The van der Waals surface area contributed by atoms with E-state index in [1.807, 2.05) is 18.2 Å². The summed E-state index contributed by atoms with van der Waals surface area (Å²) in [6.07, 6.45) is 6.65. The molecule has 1 N–H and O–H groups in total. The quantitative estimate of drug-likeness (QED) is 0.782. The molecule has 3 aromatic rings. The fourth-order valence-corrected chi connectivity index (χ4v) is 3.04. The van der Waals surface area contributed by atoms with Crippen LogP contribution >= 0.6 is 0 Å². The molecule has 0 saturated carbocycles. The van der Waals surface area contributed by atoms with Crippen LogP contribution < -0.4 is 5.32 Å². The third-order valence-electron chi connectivity index (χ3n) is 4.16. The number of anilines is 1. The van der Waals surface area contributed by atoms with E-state index in [2.05, 4.69) is 10.3 Å². The molecule has 116 valence electrons. The SMILES string of the molecule is Fc1ccccc1-n1nc(-c2ccncc2)c2c1NCCCC2. The van der Waals surface area contributed by atoms with E-state index in [9.17, 15) is 4.39 Å². The summed E-state index contributed by atoms with van der Waals surface area (Å²) in [4.78, 5) is 4.07. The second-order valence-electron chi connectivity index (χ2n) is 5.66. The molecule has 0 spiro atoms. The van der Waals surface area contributed by atoms with Crippen LogP contribution in [0.1, 0.15) is 18.4 Å². The lowest BCUT2D eigenvalue weighted by molar-refractivity contribution is 0.611. The predicted octanol–water partition coefficient (Wildman–Crippen LogP) is 3.82. The van der Waals surface area contributed by atoms with E-state index in [0.29, 0.717) is 5.69 Å². The van der Waals surface area contributed by atoms with Gasteiger partial charge in [-0.2, -0.15) is 5.10 Å². The van der Waals surface area contributed by atoms with Crippen LogP contribution in [0.25, 0.3) is 16.9 Å². The van der Waals surface area contributed by atoms with Gasteiger partial charge in [0.05, 0.1) is 5.69 Å². The van der Waals surface area contributed by atoms with Crippen LogP contribution in [-0.2, 0) is 6.42 Å². The van der Waals surface area contributed by atoms with E-state index in [1.54, 1.807) is 29.2 Å². The van der Waals surface area contributed by atoms with E-state index in [1.165, 1.54) is 6.07 Å². The third-order valence-corrected chi connectivity index (χ3v) is 4.16. The second kappa shape index (κ2) is 5.83. The maximum absolute atomic E-state index is 14.3. The lowest BCUT2D eigenvalue weighted by Crippen LogP contribution is -2.08. The lowest BCUT2D eigenvalue weighted by Gasteiger charge is -2.09. The standard InChI is InChI=1S/C18H17FN4/c19-15-6-1-2-7-16(15)23-18-14(5-3-4-10-21-18)17(22-23)13-8-11-20-12-9-13/h1-2,6-9,11-12,21H,3-5,10H2. The number of benzene rings is 1. The zero-order chi connectivity index (χ0) is 15.6. The Morgan fingerprint density at radius 2 is 1.87 bits per heavy atom. The number of aromatic nitrogens is 3. The van der Waals surface area contributed by atoms with Gasteiger partial charge in [0.1, 0.15) is 17.3 Å². The largest absolute Gasteiger partial charge is 0.370 e. The van der Waals surface area contributed by atoms with Crippen molar-refractivity contribution in [2.24, 2.45) is 0 Å². The smallest absolute Gasteiger partial charge is 0.148 e. The molecule has 0 unspecified atom stereocenters. The number of pyridine rings is 1. The Kier molecular flexibility index (Phi) is 3.54. The summed E-state index contributed by atoms with van der Waals surface area (Å²) in [5, 5.41) is 8.15. The molecule has 0 aliphatic carbocycles. The minimum absolute atomic E-state index is 0.273. The molecule has 0 atom stereocenters. The third kappa shape index (κ3) is 2.48. The molecule has 23 heavy (non-hydrogen) atoms. The van der Waals surface area contributed by atoms with E-state index >= 15 is 0 Å². The number of nitrogens with one attached hydrogen (secondary N) is 1. The van der Waals surface area contributed by atoms with E-state index < -0.39 is 0 Å². The van der Waals surface area contributed by atoms with Crippen molar-refractivity contribution in [1.29, 1.82) is 0 Å². The molecule has 4 rings (SSSR count). The van der Waals surface area contributed by atoms with Crippen LogP contribution in [0.3, 0.4) is 0 Å². The molecule has 4 nitrogen and oxygen atoms in total. The summed E-state index contributed by atoms with van der Waals surface area (Å²) < 4.78 is 16.0. The number of nitrogens with zero attached hydrogens (tertiary/aromatic N) is 3. The summed E-state index contributed by atoms with van der Waals surface area (Å²) in [5.74, 6) is 0.629. The maximum atomic E-state index is 14.3. The Morgan fingerprint density at radius 3 is 2.70 bits per heavy atom. The minimum atomic E-state index is -0.273. The van der Waals surface area contributed by atoms with Crippen LogP contribution in [-0.4, -0.2) is 21.3 Å². The van der Waals surface area contributed by atoms with Crippen molar-refractivity contribution in [3.8, 4) is 16.9 Å². The van der Waals surface area contributed by atoms with Crippen LogP contribution in [0.5, 0.6) is 0 Å². The van der Waals surface area contributed by atoms with Crippen molar-refractivity contribution >= 4 is 5.82 Å². The van der Waals surface area contributed by atoms with Crippen LogP contribution in [0.15, 0.2) is 48.8 Å². The lowest BCUT2D eigenvalue weighted by atomic mass is 10.0. The Bertz CT molecular complexity index is 826. The summed E-state index contributed by atoms with van der Waals surface area (Å²) in [7, 11) is 0. The molecule has 5 heteroatoms. The second-order valence-corrected chi connectivity index (χ2v) is 5.66. The minimum Gasteiger partial charge on any atom is -0.370 e. The first-order valence-corrected chi connectivity index (χ1v) is 7.85. The average Bonchev–Trinajstić information content (AvgIpc) is 2.78. The highest BCUT2D eigenvalue weighted by Gasteiger charge is 2.22. The molecule has 1 aliphatic heterocycles. The maximum Gasteiger partial charge on any atom is 0.148 e. The average molecular weight is 308 g/mol. The van der Waals surface area contributed by atoms with Crippen LogP contribution in [0.4, 0.5) is 10.2 Å². The Balaban J connectivity index is 1.94. The molecule has 0 amide bonds. The number of fused-ring (bicyclic) bond motifs is 1. The number of rotatable bonds is 2. The highest BCUT2D eigenvalue weighted by molar-refractivity contribution is 5.71. The Hall–Kier alpha value is -2.69. The van der Waals surface area contributed by atoms with Gasteiger partial charge in [0.2, 0.25) is 0 Å². The summed E-state index contributed by atoms with van der Waals surface area (Å²) in [6.45, 7) is 0.878. The fraction of sp³-hybridized carbons (Fsp3) is 0.222. The van der Waals surface area contributed by atoms with Gasteiger partial charge in [-0.05, 0) is 43.5 Å². The van der Waals surface area contributed by atoms with Gasteiger partial charge < -0.3 is 5.32 Å². The molecule has 0 radical (unpaired) electrons. The van der Waals surface area contributed by atoms with Gasteiger partial charge in [-0.15, -0.1) is 0 Å². The first-order chi connectivity index (χ1) is 11.3. The number of halogens is 1. The number of hydrogen-bond donors (Lipinski definition) is 1. The molecule has 0 fully saturated rings. The Labute approximate surface area is 134 Å².